The summed E-state index contributed by atoms with van der Waals surface area (Å²) in [6.45, 7) is 3.88. The Balaban J connectivity index is 1.67. The van der Waals surface area contributed by atoms with Gasteiger partial charge in [0.05, 0.1) is 16.3 Å². The Morgan fingerprint density at radius 2 is 1.82 bits per heavy atom. The quantitative estimate of drug-likeness (QED) is 0.475. The van der Waals surface area contributed by atoms with Gasteiger partial charge in [-0.2, -0.15) is 0 Å². The number of rotatable bonds is 3. The highest BCUT2D eigenvalue weighted by molar-refractivity contribution is 7.92. The average molecular weight is 481 g/mol. The summed E-state index contributed by atoms with van der Waals surface area (Å²) in [4.78, 5) is 18.0. The number of sulfonamides is 1. The summed E-state index contributed by atoms with van der Waals surface area (Å²) >= 11 is 6.08. The molecule has 2 aromatic heterocycles. The summed E-state index contributed by atoms with van der Waals surface area (Å²) in [7, 11) is -3.86. The van der Waals surface area contributed by atoms with E-state index >= 15 is 0 Å². The molecule has 4 aromatic rings. The second-order valence-electron chi connectivity index (χ2n) is 8.05. The molecule has 1 aliphatic rings. The minimum atomic E-state index is -3.86. The Labute approximate surface area is 196 Å². The number of aromatic nitrogens is 3. The number of halogens is 1. The third kappa shape index (κ3) is 3.55. The van der Waals surface area contributed by atoms with Crippen LogP contribution in [-0.4, -0.2) is 29.7 Å². The maximum Gasteiger partial charge on any atom is 0.275 e. The number of nitrogens with zero attached hydrogens (tertiary/aromatic N) is 3. The van der Waals surface area contributed by atoms with Crippen molar-refractivity contribution < 1.29 is 8.42 Å². The molecule has 0 spiro atoms. The van der Waals surface area contributed by atoms with Gasteiger partial charge < -0.3 is 0 Å². The van der Waals surface area contributed by atoms with Crippen LogP contribution in [0.25, 0.3) is 16.9 Å². The van der Waals surface area contributed by atoms with Crippen molar-refractivity contribution in [2.45, 2.75) is 25.2 Å². The molecule has 0 atom stereocenters. The zero-order valence-corrected chi connectivity index (χ0v) is 19.6. The smallest absolute Gasteiger partial charge is 0.275 e. The van der Waals surface area contributed by atoms with Gasteiger partial charge in [0.2, 0.25) is 0 Å². The first kappa shape index (κ1) is 21.5. The summed E-state index contributed by atoms with van der Waals surface area (Å²) in [5.41, 5.74) is 3.92. The van der Waals surface area contributed by atoms with Crippen molar-refractivity contribution in [2.24, 2.45) is 0 Å². The Kier molecular flexibility index (Phi) is 5.14. The summed E-state index contributed by atoms with van der Waals surface area (Å²) in [6.07, 6.45) is 1.80. The molecule has 3 heterocycles. The van der Waals surface area contributed by atoms with E-state index in [9.17, 15) is 13.2 Å². The number of hydrogen-bond donors (Lipinski definition) is 1. The molecule has 2 aromatic carbocycles. The molecule has 168 valence electrons. The van der Waals surface area contributed by atoms with Crippen molar-refractivity contribution in [3.05, 3.63) is 92.9 Å². The highest BCUT2D eigenvalue weighted by Crippen LogP contribution is 2.36. The normalized spacial score (nSPS) is 13.4. The molecule has 0 aliphatic carbocycles. The molecule has 1 aliphatic heterocycles. The van der Waals surface area contributed by atoms with Gasteiger partial charge in [0.15, 0.2) is 5.82 Å². The molecule has 1 N–H and O–H groups in total. The highest BCUT2D eigenvalue weighted by Gasteiger charge is 2.33. The molecule has 5 rings (SSSR count). The van der Waals surface area contributed by atoms with Gasteiger partial charge in [0, 0.05) is 28.9 Å². The maximum atomic E-state index is 13.5. The van der Waals surface area contributed by atoms with E-state index in [1.807, 2.05) is 13.8 Å². The van der Waals surface area contributed by atoms with Crippen LogP contribution < -0.4 is 9.86 Å². The van der Waals surface area contributed by atoms with Gasteiger partial charge in [-0.05, 0) is 68.3 Å². The molecule has 7 nitrogen and oxygen atoms in total. The van der Waals surface area contributed by atoms with Crippen LogP contribution in [0.15, 0.2) is 70.5 Å². The lowest BCUT2D eigenvalue weighted by molar-refractivity contribution is 0.590. The molecule has 9 heteroatoms. The molecule has 0 unspecified atom stereocenters. The second kappa shape index (κ2) is 7.90. The SMILES string of the molecule is Cc1ccc(S(=O)(=O)N2CCc3c([nH]n(-c4ccc(Cl)cc4C)c3=O)-c3cccnc32)cc1. The molecule has 0 radical (unpaired) electrons. The Hall–Kier alpha value is -3.36. The van der Waals surface area contributed by atoms with E-state index in [1.165, 1.54) is 8.99 Å². The zero-order chi connectivity index (χ0) is 23.3. The van der Waals surface area contributed by atoms with Crippen LogP contribution in [0.1, 0.15) is 16.7 Å². The Bertz CT molecular complexity index is 1540. The van der Waals surface area contributed by atoms with Gasteiger partial charge in [-0.25, -0.2) is 22.4 Å². The molecule has 0 amide bonds. The molecule has 33 heavy (non-hydrogen) atoms. The summed E-state index contributed by atoms with van der Waals surface area (Å²) < 4.78 is 29.8. The van der Waals surface area contributed by atoms with Gasteiger partial charge in [-0.3, -0.25) is 9.89 Å². The van der Waals surface area contributed by atoms with E-state index in [4.69, 9.17) is 11.6 Å². The minimum Gasteiger partial charge on any atom is -0.290 e. The van der Waals surface area contributed by atoms with Crippen LogP contribution in [0.5, 0.6) is 0 Å². The van der Waals surface area contributed by atoms with Crippen LogP contribution in [0.2, 0.25) is 5.02 Å². The largest absolute Gasteiger partial charge is 0.290 e. The van der Waals surface area contributed by atoms with Crippen molar-refractivity contribution in [1.29, 1.82) is 0 Å². The zero-order valence-electron chi connectivity index (χ0n) is 18.0. The van der Waals surface area contributed by atoms with E-state index in [0.29, 0.717) is 27.5 Å². The lowest BCUT2D eigenvalue weighted by Gasteiger charge is -2.23. The Morgan fingerprint density at radius 1 is 1.06 bits per heavy atom. The van der Waals surface area contributed by atoms with Crippen molar-refractivity contribution in [3.8, 4) is 16.9 Å². The molecule has 0 bridgehead atoms. The van der Waals surface area contributed by atoms with E-state index < -0.39 is 10.0 Å². The predicted octanol–water partition coefficient (Wildman–Crippen LogP) is 4.25. The molecule has 0 saturated carbocycles. The third-order valence-electron chi connectivity index (χ3n) is 5.85. The summed E-state index contributed by atoms with van der Waals surface area (Å²) in [5, 5.41) is 3.78. The number of aryl methyl sites for hydroxylation is 2. The van der Waals surface area contributed by atoms with Crippen molar-refractivity contribution in [2.75, 3.05) is 10.8 Å². The minimum absolute atomic E-state index is 0.0971. The lowest BCUT2D eigenvalue weighted by atomic mass is 10.1. The van der Waals surface area contributed by atoms with Crippen molar-refractivity contribution >= 4 is 27.4 Å². The number of nitrogens with one attached hydrogen (secondary N) is 1. The number of benzene rings is 2. The molecule has 0 fully saturated rings. The number of hydrogen-bond acceptors (Lipinski definition) is 4. The number of aromatic amines is 1. The first-order chi connectivity index (χ1) is 15.8. The van der Waals surface area contributed by atoms with Crippen LogP contribution >= 0.6 is 11.6 Å². The van der Waals surface area contributed by atoms with Crippen LogP contribution in [0.3, 0.4) is 0 Å². The van der Waals surface area contributed by atoms with Gasteiger partial charge in [0.1, 0.15) is 0 Å². The van der Waals surface area contributed by atoms with E-state index in [0.717, 1.165) is 11.1 Å². The number of H-pyrrole nitrogens is 1. The average Bonchev–Trinajstić information content (AvgIpc) is 3.00. The van der Waals surface area contributed by atoms with E-state index in [1.54, 1.807) is 60.8 Å². The second-order valence-corrected chi connectivity index (χ2v) is 10.4. The number of fused-ring (bicyclic) bond motifs is 3. The first-order valence-corrected chi connectivity index (χ1v) is 12.2. The Morgan fingerprint density at radius 3 is 2.55 bits per heavy atom. The highest BCUT2D eigenvalue weighted by atomic mass is 35.5. The monoisotopic (exact) mass is 480 g/mol. The van der Waals surface area contributed by atoms with Gasteiger partial charge in [-0.1, -0.05) is 29.3 Å². The van der Waals surface area contributed by atoms with Gasteiger partial charge >= 0.3 is 0 Å². The van der Waals surface area contributed by atoms with E-state index in [2.05, 4.69) is 10.1 Å². The predicted molar refractivity (Wildman–Crippen MR) is 129 cm³/mol. The number of anilines is 1. The molecule has 0 saturated heterocycles. The van der Waals surface area contributed by atoms with Crippen molar-refractivity contribution in [1.82, 2.24) is 14.8 Å². The van der Waals surface area contributed by atoms with Crippen LogP contribution in [0, 0.1) is 13.8 Å². The van der Waals surface area contributed by atoms with E-state index in [-0.39, 0.29) is 29.2 Å². The molecular weight excluding hydrogens is 460 g/mol. The topological polar surface area (TPSA) is 88.1 Å². The maximum absolute atomic E-state index is 13.5. The third-order valence-corrected chi connectivity index (χ3v) is 7.89. The first-order valence-electron chi connectivity index (χ1n) is 10.4. The summed E-state index contributed by atoms with van der Waals surface area (Å²) in [6, 6.07) is 15.5. The molecular formula is C24H21ClN4O3S. The fourth-order valence-corrected chi connectivity index (χ4v) is 5.81. The fourth-order valence-electron chi connectivity index (χ4n) is 4.15. The van der Waals surface area contributed by atoms with Crippen LogP contribution in [-0.2, 0) is 16.4 Å². The van der Waals surface area contributed by atoms with Gasteiger partial charge in [0.25, 0.3) is 15.6 Å². The van der Waals surface area contributed by atoms with Crippen LogP contribution in [0.4, 0.5) is 5.82 Å². The standard InChI is InChI=1S/C24H21ClN4O3S/c1-15-5-8-18(9-6-15)33(31,32)28-13-11-20-22(19-4-3-12-26-23(19)28)27-29(24(20)30)21-10-7-17(25)14-16(21)2/h3-10,12,14,27H,11,13H2,1-2H3. The fraction of sp³-hybridized carbons (Fsp3) is 0.167. The number of pyridine rings is 1. The van der Waals surface area contributed by atoms with Crippen molar-refractivity contribution in [3.63, 3.8) is 0 Å². The summed E-state index contributed by atoms with van der Waals surface area (Å²) in [5.74, 6) is 0.290. The lowest BCUT2D eigenvalue weighted by Crippen LogP contribution is -2.34. The van der Waals surface area contributed by atoms with Gasteiger partial charge in [-0.15, -0.1) is 0 Å².